The van der Waals surface area contributed by atoms with Gasteiger partial charge in [-0.25, -0.2) is 0 Å². The molecular weight excluding hydrogens is 210 g/mol. The summed E-state index contributed by atoms with van der Waals surface area (Å²) in [5.41, 5.74) is 5.05. The van der Waals surface area contributed by atoms with Crippen LogP contribution in [0.5, 0.6) is 0 Å². The molecule has 94 valence electrons. The van der Waals surface area contributed by atoms with Gasteiger partial charge in [0.1, 0.15) is 0 Å². The summed E-state index contributed by atoms with van der Waals surface area (Å²) in [6, 6.07) is 0. The number of aliphatic imine (C=N–C) groups is 2. The van der Waals surface area contributed by atoms with Gasteiger partial charge in [0.2, 0.25) is 0 Å². The van der Waals surface area contributed by atoms with Crippen molar-refractivity contribution in [3.05, 3.63) is 35.7 Å². The van der Waals surface area contributed by atoms with Gasteiger partial charge in [0.25, 0.3) is 0 Å². The van der Waals surface area contributed by atoms with Crippen LogP contribution in [0.25, 0.3) is 0 Å². The summed E-state index contributed by atoms with van der Waals surface area (Å²) in [6.45, 7) is 11.8. The van der Waals surface area contributed by atoms with Crippen molar-refractivity contribution in [3.8, 4) is 0 Å². The lowest BCUT2D eigenvalue weighted by molar-refractivity contribution is 0.973. The molecule has 0 aliphatic heterocycles. The molecule has 0 aliphatic carbocycles. The Balaban J connectivity index is 5.47. The molecule has 0 heterocycles. The Morgan fingerprint density at radius 1 is 1.18 bits per heavy atom. The van der Waals surface area contributed by atoms with Gasteiger partial charge in [0, 0.05) is 37.3 Å². The van der Waals surface area contributed by atoms with Crippen LogP contribution in [0.3, 0.4) is 0 Å². The average molecular weight is 233 g/mol. The van der Waals surface area contributed by atoms with E-state index < -0.39 is 0 Å². The quantitative estimate of drug-likeness (QED) is 0.575. The number of allylic oxidation sites excluding steroid dienone is 4. The van der Waals surface area contributed by atoms with Crippen molar-refractivity contribution in [2.45, 2.75) is 27.7 Å². The first-order chi connectivity index (χ1) is 7.97. The van der Waals surface area contributed by atoms with Crippen molar-refractivity contribution in [3.63, 3.8) is 0 Å². The Morgan fingerprint density at radius 2 is 1.76 bits per heavy atom. The summed E-state index contributed by atoms with van der Waals surface area (Å²) in [4.78, 5) is 8.61. The van der Waals surface area contributed by atoms with Crippen LogP contribution in [0, 0.1) is 0 Å². The van der Waals surface area contributed by atoms with E-state index >= 15 is 0 Å². The zero-order chi connectivity index (χ0) is 13.4. The molecule has 0 spiro atoms. The highest BCUT2D eigenvalue weighted by Gasteiger charge is 2.07. The summed E-state index contributed by atoms with van der Waals surface area (Å²) in [6.07, 6.45) is 3.58. The van der Waals surface area contributed by atoms with E-state index in [1.807, 2.05) is 34.7 Å². The van der Waals surface area contributed by atoms with Crippen LogP contribution in [0.4, 0.5) is 0 Å². The highest BCUT2D eigenvalue weighted by atomic mass is 14.8. The first kappa shape index (κ1) is 15.4. The normalized spacial score (nSPS) is 14.0. The standard InChI is InChI=1S/C14H23N3/c1-8-13(9-17-10(2)3)14(16-7)11(4)12(5)15-6/h8-9,15H,1H2,2-7H3/b12-11+,13-9+,16-14+. The summed E-state index contributed by atoms with van der Waals surface area (Å²) >= 11 is 0. The molecule has 0 radical (unpaired) electrons. The van der Waals surface area contributed by atoms with E-state index in [4.69, 9.17) is 0 Å². The number of rotatable bonds is 5. The van der Waals surface area contributed by atoms with Gasteiger partial charge in [-0.05, 0) is 33.3 Å². The molecule has 0 bridgehead atoms. The fourth-order valence-corrected chi connectivity index (χ4v) is 1.29. The predicted molar refractivity (Wildman–Crippen MR) is 77.9 cm³/mol. The number of nitrogens with one attached hydrogen (secondary N) is 1. The monoisotopic (exact) mass is 233 g/mol. The largest absolute Gasteiger partial charge is 0.391 e. The number of hydrogen-bond acceptors (Lipinski definition) is 3. The molecule has 0 rings (SSSR count). The van der Waals surface area contributed by atoms with Crippen LogP contribution in [0.1, 0.15) is 27.7 Å². The van der Waals surface area contributed by atoms with Crippen molar-refractivity contribution < 1.29 is 0 Å². The molecule has 0 saturated heterocycles. The third kappa shape index (κ3) is 4.81. The summed E-state index contributed by atoms with van der Waals surface area (Å²) in [5, 5.41) is 3.12. The molecule has 0 aromatic rings. The van der Waals surface area contributed by atoms with Crippen molar-refractivity contribution >= 4 is 11.4 Å². The zero-order valence-electron chi connectivity index (χ0n) is 11.8. The maximum Gasteiger partial charge on any atom is 0.0704 e. The summed E-state index contributed by atoms with van der Waals surface area (Å²) in [7, 11) is 3.68. The van der Waals surface area contributed by atoms with Gasteiger partial charge in [-0.3, -0.25) is 9.98 Å². The second-order valence-corrected chi connectivity index (χ2v) is 3.94. The highest BCUT2D eigenvalue weighted by molar-refractivity contribution is 6.14. The van der Waals surface area contributed by atoms with Crippen LogP contribution in [-0.4, -0.2) is 25.5 Å². The van der Waals surface area contributed by atoms with Crippen LogP contribution < -0.4 is 5.32 Å². The SMILES string of the molecule is C=CC(=C\N=C(C)C)/C(=N/C)C(/C)=C(\C)NC. The molecular formula is C14H23N3. The third-order valence-electron chi connectivity index (χ3n) is 2.47. The molecule has 0 atom stereocenters. The minimum absolute atomic E-state index is 0.914. The molecule has 0 fully saturated rings. The second-order valence-electron chi connectivity index (χ2n) is 3.94. The third-order valence-corrected chi connectivity index (χ3v) is 2.47. The van der Waals surface area contributed by atoms with Gasteiger partial charge in [-0.15, -0.1) is 0 Å². The van der Waals surface area contributed by atoms with Gasteiger partial charge >= 0.3 is 0 Å². The minimum atomic E-state index is 0.914. The van der Waals surface area contributed by atoms with E-state index in [1.54, 1.807) is 19.3 Å². The maximum absolute atomic E-state index is 4.32. The lowest BCUT2D eigenvalue weighted by Crippen LogP contribution is -2.12. The van der Waals surface area contributed by atoms with Gasteiger partial charge in [0.15, 0.2) is 0 Å². The fraction of sp³-hybridized carbons (Fsp3) is 0.429. The molecule has 0 aliphatic rings. The lowest BCUT2D eigenvalue weighted by atomic mass is 10.0. The Kier molecular flexibility index (Phi) is 6.87. The average Bonchev–Trinajstić information content (AvgIpc) is 2.32. The van der Waals surface area contributed by atoms with Gasteiger partial charge in [-0.2, -0.15) is 0 Å². The minimum Gasteiger partial charge on any atom is -0.391 e. The van der Waals surface area contributed by atoms with Gasteiger partial charge in [0.05, 0.1) is 5.71 Å². The molecule has 3 heteroatoms. The van der Waals surface area contributed by atoms with Crippen molar-refractivity contribution in [1.82, 2.24) is 5.32 Å². The van der Waals surface area contributed by atoms with E-state index in [-0.39, 0.29) is 0 Å². The van der Waals surface area contributed by atoms with Crippen LogP contribution in [0.15, 0.2) is 45.7 Å². The van der Waals surface area contributed by atoms with Crippen molar-refractivity contribution in [2.24, 2.45) is 9.98 Å². The highest BCUT2D eigenvalue weighted by Crippen LogP contribution is 2.12. The first-order valence-electron chi connectivity index (χ1n) is 5.64. The maximum atomic E-state index is 4.32. The molecule has 0 amide bonds. The lowest BCUT2D eigenvalue weighted by Gasteiger charge is -2.10. The summed E-state index contributed by atoms with van der Waals surface area (Å²) in [5.74, 6) is 0. The van der Waals surface area contributed by atoms with Crippen molar-refractivity contribution in [1.29, 1.82) is 0 Å². The summed E-state index contributed by atoms with van der Waals surface area (Å²) < 4.78 is 0. The molecule has 0 saturated carbocycles. The van der Waals surface area contributed by atoms with Crippen LogP contribution in [-0.2, 0) is 0 Å². The predicted octanol–water partition coefficient (Wildman–Crippen LogP) is 3.12. The van der Waals surface area contributed by atoms with E-state index in [0.717, 1.165) is 28.3 Å². The molecule has 3 nitrogen and oxygen atoms in total. The Labute approximate surface area is 105 Å². The smallest absolute Gasteiger partial charge is 0.0704 e. The zero-order valence-corrected chi connectivity index (χ0v) is 11.8. The van der Waals surface area contributed by atoms with E-state index in [1.165, 1.54) is 0 Å². The Morgan fingerprint density at radius 3 is 2.12 bits per heavy atom. The molecule has 0 aromatic carbocycles. The molecule has 0 unspecified atom stereocenters. The molecule has 0 aromatic heterocycles. The molecule has 17 heavy (non-hydrogen) atoms. The number of hydrogen-bond donors (Lipinski definition) is 1. The fourth-order valence-electron chi connectivity index (χ4n) is 1.29. The Hall–Kier alpha value is -1.64. The number of nitrogens with zero attached hydrogens (tertiary/aromatic N) is 2. The molecule has 1 N–H and O–H groups in total. The first-order valence-corrected chi connectivity index (χ1v) is 5.64. The van der Waals surface area contributed by atoms with Crippen molar-refractivity contribution in [2.75, 3.05) is 14.1 Å². The topological polar surface area (TPSA) is 36.8 Å². The second kappa shape index (κ2) is 7.60. The van der Waals surface area contributed by atoms with E-state index in [9.17, 15) is 0 Å². The van der Waals surface area contributed by atoms with Gasteiger partial charge < -0.3 is 5.32 Å². The van der Waals surface area contributed by atoms with Crippen LogP contribution in [0.2, 0.25) is 0 Å². The Bertz CT molecular complexity index is 392. The van der Waals surface area contributed by atoms with E-state index in [0.29, 0.717) is 0 Å². The van der Waals surface area contributed by atoms with Gasteiger partial charge in [-0.1, -0.05) is 12.7 Å². The van der Waals surface area contributed by atoms with Crippen LogP contribution >= 0.6 is 0 Å². The van der Waals surface area contributed by atoms with E-state index in [2.05, 4.69) is 21.9 Å².